The Morgan fingerprint density at radius 2 is 2.00 bits per heavy atom. The van der Waals surface area contributed by atoms with Crippen LogP contribution in [-0.4, -0.2) is 14.2 Å². The van der Waals surface area contributed by atoms with Crippen LogP contribution in [0.25, 0.3) is 0 Å². The van der Waals surface area contributed by atoms with E-state index in [0.29, 0.717) is 0 Å². The molecule has 3 nitrogen and oxygen atoms in total. The fourth-order valence-electron chi connectivity index (χ4n) is 1.76. The van der Waals surface area contributed by atoms with Crippen LogP contribution in [0.15, 0.2) is 34.1 Å². The highest BCUT2D eigenvalue weighted by molar-refractivity contribution is 9.10. The van der Waals surface area contributed by atoms with Gasteiger partial charge in [0, 0.05) is 39.4 Å². The van der Waals surface area contributed by atoms with Gasteiger partial charge in [-0.2, -0.15) is 0 Å². The summed E-state index contributed by atoms with van der Waals surface area (Å²) in [5, 5.41) is 5.50. The maximum Gasteiger partial charge on any atom is 0.127 e. The molecule has 102 valence electrons. The minimum Gasteiger partial charge on any atom is -0.497 e. The van der Waals surface area contributed by atoms with Crippen molar-refractivity contribution in [2.75, 3.05) is 14.2 Å². The molecule has 0 amide bonds. The third-order valence-electron chi connectivity index (χ3n) is 2.73. The summed E-state index contributed by atoms with van der Waals surface area (Å²) in [6.07, 6.45) is 0. The number of methoxy groups -OCH3 is 2. The van der Waals surface area contributed by atoms with E-state index >= 15 is 0 Å². The molecule has 0 aliphatic rings. The second-order valence-electron chi connectivity index (χ2n) is 4.01. The predicted molar refractivity (Wildman–Crippen MR) is 82.1 cm³/mol. The van der Waals surface area contributed by atoms with Crippen molar-refractivity contribution in [3.8, 4) is 11.5 Å². The van der Waals surface area contributed by atoms with Gasteiger partial charge in [0.15, 0.2) is 0 Å². The number of hydrogen-bond acceptors (Lipinski definition) is 4. The van der Waals surface area contributed by atoms with Crippen molar-refractivity contribution in [3.05, 3.63) is 44.6 Å². The number of halogens is 1. The average molecular weight is 342 g/mol. The maximum absolute atomic E-state index is 5.37. The largest absolute Gasteiger partial charge is 0.497 e. The summed E-state index contributed by atoms with van der Waals surface area (Å²) in [7, 11) is 3.33. The van der Waals surface area contributed by atoms with Crippen molar-refractivity contribution >= 4 is 27.3 Å². The summed E-state index contributed by atoms with van der Waals surface area (Å²) in [4.78, 5) is 1.30. The summed E-state index contributed by atoms with van der Waals surface area (Å²) < 4.78 is 11.7. The van der Waals surface area contributed by atoms with E-state index in [4.69, 9.17) is 9.47 Å². The third kappa shape index (κ3) is 3.96. The zero-order chi connectivity index (χ0) is 13.7. The van der Waals surface area contributed by atoms with Crippen LogP contribution in [0.2, 0.25) is 0 Å². The van der Waals surface area contributed by atoms with Gasteiger partial charge >= 0.3 is 0 Å². The summed E-state index contributed by atoms with van der Waals surface area (Å²) in [5.41, 5.74) is 1.12. The van der Waals surface area contributed by atoms with E-state index in [1.807, 2.05) is 18.2 Å². The fourth-order valence-corrected chi connectivity index (χ4v) is 3.19. The molecule has 1 heterocycles. The highest BCUT2D eigenvalue weighted by Gasteiger charge is 2.05. The van der Waals surface area contributed by atoms with Crippen molar-refractivity contribution in [1.29, 1.82) is 0 Å². The SMILES string of the molecule is COc1ccc(CNCc2cc(Br)cs2)c(OC)c1. The van der Waals surface area contributed by atoms with Gasteiger partial charge in [-0.05, 0) is 28.1 Å². The second kappa shape index (κ2) is 6.93. The first-order valence-corrected chi connectivity index (χ1v) is 7.54. The molecule has 1 aromatic carbocycles. The Kier molecular flexibility index (Phi) is 5.24. The monoisotopic (exact) mass is 341 g/mol. The first kappa shape index (κ1) is 14.4. The molecule has 0 unspecified atom stereocenters. The minimum absolute atomic E-state index is 0.767. The van der Waals surface area contributed by atoms with Crippen LogP contribution in [0, 0.1) is 0 Å². The number of rotatable bonds is 6. The topological polar surface area (TPSA) is 30.5 Å². The molecule has 0 saturated carbocycles. The van der Waals surface area contributed by atoms with Gasteiger partial charge in [0.25, 0.3) is 0 Å². The van der Waals surface area contributed by atoms with Crippen LogP contribution in [0.3, 0.4) is 0 Å². The van der Waals surface area contributed by atoms with E-state index in [2.05, 4.69) is 32.7 Å². The number of benzene rings is 1. The lowest BCUT2D eigenvalue weighted by atomic mass is 10.2. The Bertz CT molecular complexity index is 542. The highest BCUT2D eigenvalue weighted by Crippen LogP contribution is 2.25. The average Bonchev–Trinajstić information content (AvgIpc) is 2.84. The van der Waals surface area contributed by atoms with Crippen LogP contribution in [-0.2, 0) is 13.1 Å². The Hall–Kier alpha value is -1.04. The molecule has 1 aromatic heterocycles. The fraction of sp³-hybridized carbons (Fsp3) is 0.286. The summed E-state index contributed by atoms with van der Waals surface area (Å²) in [6, 6.07) is 8.00. The molecular weight excluding hydrogens is 326 g/mol. The molecular formula is C14H16BrNO2S. The first-order valence-electron chi connectivity index (χ1n) is 5.87. The molecule has 5 heteroatoms. The van der Waals surface area contributed by atoms with E-state index in [-0.39, 0.29) is 0 Å². The van der Waals surface area contributed by atoms with E-state index in [1.54, 1.807) is 25.6 Å². The summed E-state index contributed by atoms with van der Waals surface area (Å²) in [5.74, 6) is 1.65. The van der Waals surface area contributed by atoms with Gasteiger partial charge in [0.05, 0.1) is 14.2 Å². The summed E-state index contributed by atoms with van der Waals surface area (Å²) in [6.45, 7) is 1.62. The van der Waals surface area contributed by atoms with Gasteiger partial charge < -0.3 is 14.8 Å². The standard InChI is InChI=1S/C14H16BrNO2S/c1-17-12-4-3-10(14(6-12)18-2)7-16-8-13-5-11(15)9-19-13/h3-6,9,16H,7-8H2,1-2H3. The molecule has 0 saturated heterocycles. The van der Waals surface area contributed by atoms with Crippen molar-refractivity contribution < 1.29 is 9.47 Å². The Morgan fingerprint density at radius 1 is 1.16 bits per heavy atom. The van der Waals surface area contributed by atoms with E-state index in [1.165, 1.54) is 4.88 Å². The molecule has 19 heavy (non-hydrogen) atoms. The van der Waals surface area contributed by atoms with Crippen molar-refractivity contribution in [1.82, 2.24) is 5.32 Å². The number of hydrogen-bond donors (Lipinski definition) is 1. The van der Waals surface area contributed by atoms with Gasteiger partial charge in [0.1, 0.15) is 11.5 Å². The molecule has 0 bridgehead atoms. The number of thiophene rings is 1. The quantitative estimate of drug-likeness (QED) is 0.866. The Labute approximate surface area is 125 Å². The van der Waals surface area contributed by atoms with Gasteiger partial charge in [-0.3, -0.25) is 0 Å². The van der Waals surface area contributed by atoms with E-state index in [9.17, 15) is 0 Å². The highest BCUT2D eigenvalue weighted by atomic mass is 79.9. The van der Waals surface area contributed by atoms with E-state index in [0.717, 1.165) is 34.6 Å². The first-order chi connectivity index (χ1) is 9.22. The summed E-state index contributed by atoms with van der Waals surface area (Å²) >= 11 is 5.20. The third-order valence-corrected chi connectivity index (χ3v) is 4.43. The van der Waals surface area contributed by atoms with Crippen LogP contribution >= 0.6 is 27.3 Å². The zero-order valence-electron chi connectivity index (χ0n) is 10.9. The molecule has 0 aliphatic carbocycles. The molecule has 0 aliphatic heterocycles. The van der Waals surface area contributed by atoms with Crippen LogP contribution in [0.4, 0.5) is 0 Å². The lowest BCUT2D eigenvalue weighted by molar-refractivity contribution is 0.390. The molecule has 0 fully saturated rings. The van der Waals surface area contributed by atoms with Gasteiger partial charge in [-0.15, -0.1) is 11.3 Å². The smallest absolute Gasteiger partial charge is 0.127 e. The van der Waals surface area contributed by atoms with Crippen molar-refractivity contribution in [3.63, 3.8) is 0 Å². The van der Waals surface area contributed by atoms with Crippen LogP contribution in [0.5, 0.6) is 11.5 Å². The normalized spacial score (nSPS) is 10.5. The lowest BCUT2D eigenvalue weighted by Gasteiger charge is -2.10. The second-order valence-corrected chi connectivity index (χ2v) is 5.92. The predicted octanol–water partition coefficient (Wildman–Crippen LogP) is 3.82. The molecule has 2 rings (SSSR count). The molecule has 0 spiro atoms. The molecule has 0 atom stereocenters. The van der Waals surface area contributed by atoms with Gasteiger partial charge in [-0.1, -0.05) is 6.07 Å². The van der Waals surface area contributed by atoms with Gasteiger partial charge in [0.2, 0.25) is 0 Å². The number of ether oxygens (including phenoxy) is 2. The lowest BCUT2D eigenvalue weighted by Crippen LogP contribution is -2.12. The van der Waals surface area contributed by atoms with E-state index < -0.39 is 0 Å². The molecule has 1 N–H and O–H groups in total. The number of nitrogens with one attached hydrogen (secondary N) is 1. The van der Waals surface area contributed by atoms with Crippen molar-refractivity contribution in [2.45, 2.75) is 13.1 Å². The van der Waals surface area contributed by atoms with Crippen LogP contribution < -0.4 is 14.8 Å². The Morgan fingerprint density at radius 3 is 2.63 bits per heavy atom. The maximum atomic E-state index is 5.37. The zero-order valence-corrected chi connectivity index (χ0v) is 13.3. The van der Waals surface area contributed by atoms with Gasteiger partial charge in [-0.25, -0.2) is 0 Å². The Balaban J connectivity index is 1.95. The van der Waals surface area contributed by atoms with Crippen LogP contribution in [0.1, 0.15) is 10.4 Å². The molecule has 2 aromatic rings. The minimum atomic E-state index is 0.767. The van der Waals surface area contributed by atoms with Crippen molar-refractivity contribution in [2.24, 2.45) is 0 Å². The molecule has 0 radical (unpaired) electrons.